The Labute approximate surface area is 146 Å². The maximum atomic E-state index is 9.94. The molecule has 3 N–H and O–H groups in total. The standard InChI is InChI=1S/C19H36O5/c1-2-3-4-5-6-7-8-9-10-11-12-13-23-17-15-24-16(14-20)18(21)19(17)22/h9-10,16-22H,2-8,11-15H2,1H3/b10-9+/t16-,17+,18-,19-/m1/s1. The van der Waals surface area contributed by atoms with Gasteiger partial charge in [0.15, 0.2) is 0 Å². The van der Waals surface area contributed by atoms with Crippen molar-refractivity contribution in [2.24, 2.45) is 0 Å². The smallest absolute Gasteiger partial charge is 0.111 e. The van der Waals surface area contributed by atoms with Crippen LogP contribution in [0.3, 0.4) is 0 Å². The molecule has 0 unspecified atom stereocenters. The van der Waals surface area contributed by atoms with Gasteiger partial charge in [-0.15, -0.1) is 0 Å². The molecular weight excluding hydrogens is 308 g/mol. The summed E-state index contributed by atoms with van der Waals surface area (Å²) in [7, 11) is 0. The van der Waals surface area contributed by atoms with E-state index in [0.29, 0.717) is 6.61 Å². The quantitative estimate of drug-likeness (QED) is 0.353. The molecule has 0 aromatic rings. The first kappa shape index (κ1) is 21.6. The molecular formula is C19H36O5. The molecule has 1 saturated heterocycles. The Morgan fingerprint density at radius 2 is 1.62 bits per heavy atom. The molecule has 1 rings (SSSR count). The average molecular weight is 344 g/mol. The number of allylic oxidation sites excluding steroid dienone is 2. The summed E-state index contributed by atoms with van der Waals surface area (Å²) in [5, 5.41) is 28.7. The fraction of sp³-hybridized carbons (Fsp3) is 0.895. The summed E-state index contributed by atoms with van der Waals surface area (Å²) in [6.07, 6.45) is 12.1. The first-order valence-electron chi connectivity index (χ1n) is 9.55. The molecule has 0 amide bonds. The van der Waals surface area contributed by atoms with Crippen LogP contribution >= 0.6 is 0 Å². The first-order chi connectivity index (χ1) is 11.7. The largest absolute Gasteiger partial charge is 0.394 e. The van der Waals surface area contributed by atoms with Crippen LogP contribution < -0.4 is 0 Å². The Balaban J connectivity index is 1.97. The molecule has 4 atom stereocenters. The van der Waals surface area contributed by atoms with Crippen LogP contribution in [0, 0.1) is 0 Å². The van der Waals surface area contributed by atoms with Gasteiger partial charge >= 0.3 is 0 Å². The van der Waals surface area contributed by atoms with Gasteiger partial charge in [-0.05, 0) is 25.7 Å². The van der Waals surface area contributed by atoms with E-state index in [4.69, 9.17) is 14.6 Å². The van der Waals surface area contributed by atoms with E-state index < -0.39 is 24.4 Å². The second-order valence-electron chi connectivity index (χ2n) is 6.61. The second kappa shape index (κ2) is 13.8. The highest BCUT2D eigenvalue weighted by molar-refractivity contribution is 4.87. The summed E-state index contributed by atoms with van der Waals surface area (Å²) < 4.78 is 10.9. The third-order valence-corrected chi connectivity index (χ3v) is 4.50. The van der Waals surface area contributed by atoms with E-state index in [-0.39, 0.29) is 13.2 Å². The Morgan fingerprint density at radius 1 is 0.958 bits per heavy atom. The van der Waals surface area contributed by atoms with Gasteiger partial charge in [0, 0.05) is 6.61 Å². The third kappa shape index (κ3) is 8.58. The predicted octanol–water partition coefficient (Wildman–Crippen LogP) is 2.57. The third-order valence-electron chi connectivity index (χ3n) is 4.50. The van der Waals surface area contributed by atoms with Crippen molar-refractivity contribution in [2.45, 2.75) is 89.1 Å². The first-order valence-corrected chi connectivity index (χ1v) is 9.55. The number of ether oxygens (including phenoxy) is 2. The van der Waals surface area contributed by atoms with Gasteiger partial charge in [0.25, 0.3) is 0 Å². The van der Waals surface area contributed by atoms with E-state index in [2.05, 4.69) is 19.1 Å². The van der Waals surface area contributed by atoms with Crippen molar-refractivity contribution >= 4 is 0 Å². The zero-order chi connectivity index (χ0) is 17.6. The number of hydrogen-bond acceptors (Lipinski definition) is 5. The highest BCUT2D eigenvalue weighted by Gasteiger charge is 2.38. The van der Waals surface area contributed by atoms with Gasteiger partial charge in [-0.25, -0.2) is 0 Å². The maximum Gasteiger partial charge on any atom is 0.111 e. The van der Waals surface area contributed by atoms with E-state index in [1.165, 1.54) is 38.5 Å². The predicted molar refractivity (Wildman–Crippen MR) is 94.9 cm³/mol. The SMILES string of the molecule is CCCCCCCC/C=C/CCCO[C@H]1CO[C@H](CO)[C@@H](O)[C@@H]1O. The van der Waals surface area contributed by atoms with Crippen molar-refractivity contribution in [1.82, 2.24) is 0 Å². The Morgan fingerprint density at radius 3 is 2.33 bits per heavy atom. The molecule has 0 aromatic heterocycles. The fourth-order valence-corrected chi connectivity index (χ4v) is 2.88. The summed E-state index contributed by atoms with van der Waals surface area (Å²) in [5.41, 5.74) is 0. The van der Waals surface area contributed by atoms with Crippen molar-refractivity contribution in [3.8, 4) is 0 Å². The Hall–Kier alpha value is -0.460. The summed E-state index contributed by atoms with van der Waals surface area (Å²) in [4.78, 5) is 0. The lowest BCUT2D eigenvalue weighted by Crippen LogP contribution is -2.55. The minimum absolute atomic E-state index is 0.206. The molecule has 5 nitrogen and oxygen atoms in total. The van der Waals surface area contributed by atoms with Gasteiger partial charge in [0.2, 0.25) is 0 Å². The zero-order valence-corrected chi connectivity index (χ0v) is 15.1. The average Bonchev–Trinajstić information content (AvgIpc) is 2.59. The normalized spacial score (nSPS) is 27.8. The summed E-state index contributed by atoms with van der Waals surface area (Å²) in [6, 6.07) is 0. The van der Waals surface area contributed by atoms with Crippen LogP contribution in [-0.2, 0) is 9.47 Å². The molecule has 0 aliphatic carbocycles. The van der Waals surface area contributed by atoms with Crippen molar-refractivity contribution in [3.63, 3.8) is 0 Å². The monoisotopic (exact) mass is 344 g/mol. The molecule has 142 valence electrons. The van der Waals surface area contributed by atoms with Crippen LogP contribution in [0.25, 0.3) is 0 Å². The summed E-state index contributed by atoms with van der Waals surface area (Å²) in [5.74, 6) is 0. The molecule has 1 aliphatic heterocycles. The summed E-state index contributed by atoms with van der Waals surface area (Å²) >= 11 is 0. The van der Waals surface area contributed by atoms with Crippen LogP contribution in [0.15, 0.2) is 12.2 Å². The second-order valence-corrected chi connectivity index (χ2v) is 6.61. The number of rotatable bonds is 13. The lowest BCUT2D eigenvalue weighted by molar-refractivity contribution is -0.208. The minimum Gasteiger partial charge on any atom is -0.394 e. The van der Waals surface area contributed by atoms with Gasteiger partial charge in [-0.2, -0.15) is 0 Å². The van der Waals surface area contributed by atoms with Crippen molar-refractivity contribution in [3.05, 3.63) is 12.2 Å². The molecule has 24 heavy (non-hydrogen) atoms. The minimum atomic E-state index is -1.09. The Bertz CT molecular complexity index is 321. The number of aliphatic hydroxyl groups is 3. The molecule has 0 saturated carbocycles. The van der Waals surface area contributed by atoms with Gasteiger partial charge in [-0.3, -0.25) is 0 Å². The number of hydrogen-bond donors (Lipinski definition) is 3. The maximum absolute atomic E-state index is 9.94. The number of aliphatic hydroxyl groups excluding tert-OH is 3. The van der Waals surface area contributed by atoms with Crippen LogP contribution in [0.5, 0.6) is 0 Å². The van der Waals surface area contributed by atoms with E-state index in [1.54, 1.807) is 0 Å². The zero-order valence-electron chi connectivity index (χ0n) is 15.1. The van der Waals surface area contributed by atoms with Crippen molar-refractivity contribution < 1.29 is 24.8 Å². The van der Waals surface area contributed by atoms with Crippen LogP contribution in [0.4, 0.5) is 0 Å². The van der Waals surface area contributed by atoms with E-state index in [9.17, 15) is 10.2 Å². The van der Waals surface area contributed by atoms with Crippen molar-refractivity contribution in [2.75, 3.05) is 19.8 Å². The summed E-state index contributed by atoms with van der Waals surface area (Å²) in [6.45, 7) is 2.68. The molecule has 1 fully saturated rings. The fourth-order valence-electron chi connectivity index (χ4n) is 2.88. The molecule has 1 aliphatic rings. The van der Waals surface area contributed by atoms with E-state index in [0.717, 1.165) is 19.3 Å². The highest BCUT2D eigenvalue weighted by atomic mass is 16.6. The van der Waals surface area contributed by atoms with E-state index in [1.807, 2.05) is 0 Å². The van der Waals surface area contributed by atoms with Gasteiger partial charge in [0.1, 0.15) is 24.4 Å². The van der Waals surface area contributed by atoms with Crippen LogP contribution in [-0.4, -0.2) is 59.6 Å². The van der Waals surface area contributed by atoms with E-state index >= 15 is 0 Å². The lowest BCUT2D eigenvalue weighted by Gasteiger charge is -2.36. The van der Waals surface area contributed by atoms with Gasteiger partial charge in [-0.1, -0.05) is 51.2 Å². The molecule has 0 aromatic carbocycles. The Kier molecular flexibility index (Phi) is 12.4. The van der Waals surface area contributed by atoms with Crippen molar-refractivity contribution in [1.29, 1.82) is 0 Å². The molecule has 1 heterocycles. The van der Waals surface area contributed by atoms with Crippen LogP contribution in [0.1, 0.15) is 64.7 Å². The molecule has 0 radical (unpaired) electrons. The van der Waals surface area contributed by atoms with Crippen LogP contribution in [0.2, 0.25) is 0 Å². The molecule has 0 spiro atoms. The van der Waals surface area contributed by atoms with Gasteiger partial charge < -0.3 is 24.8 Å². The number of unbranched alkanes of at least 4 members (excludes halogenated alkanes) is 7. The van der Waals surface area contributed by atoms with Gasteiger partial charge in [0.05, 0.1) is 13.2 Å². The molecule has 5 heteroatoms. The topological polar surface area (TPSA) is 79.2 Å². The lowest BCUT2D eigenvalue weighted by atomic mass is 10.0. The highest BCUT2D eigenvalue weighted by Crippen LogP contribution is 2.18. The molecule has 0 bridgehead atoms.